The van der Waals surface area contributed by atoms with Gasteiger partial charge < -0.3 is 5.32 Å². The minimum Gasteiger partial charge on any atom is -0.307 e. The van der Waals surface area contributed by atoms with E-state index in [2.05, 4.69) is 5.32 Å². The molecule has 82 valence electrons. The van der Waals surface area contributed by atoms with Gasteiger partial charge in [0.15, 0.2) is 0 Å². The van der Waals surface area contributed by atoms with Crippen molar-refractivity contribution in [3.8, 4) is 0 Å². The standard InChI is InChI=1S/C11H21NO2/c1-7(2)11(10(5)14)12-6-8(3)9(4)13/h7-8,11-12H,6H2,1-5H3/t8-,11+/m1/s1. The monoisotopic (exact) mass is 199 g/mol. The van der Waals surface area contributed by atoms with E-state index in [1.165, 1.54) is 0 Å². The van der Waals surface area contributed by atoms with Crippen molar-refractivity contribution in [2.24, 2.45) is 11.8 Å². The van der Waals surface area contributed by atoms with Crippen LogP contribution in [0.15, 0.2) is 0 Å². The van der Waals surface area contributed by atoms with Crippen LogP contribution in [0.3, 0.4) is 0 Å². The number of nitrogens with one attached hydrogen (secondary N) is 1. The van der Waals surface area contributed by atoms with Gasteiger partial charge in [-0.15, -0.1) is 0 Å². The number of rotatable bonds is 6. The van der Waals surface area contributed by atoms with Crippen molar-refractivity contribution < 1.29 is 9.59 Å². The van der Waals surface area contributed by atoms with E-state index in [9.17, 15) is 9.59 Å². The average molecular weight is 199 g/mol. The van der Waals surface area contributed by atoms with Crippen LogP contribution in [0, 0.1) is 11.8 Å². The third kappa shape index (κ3) is 4.51. The summed E-state index contributed by atoms with van der Waals surface area (Å²) in [5.74, 6) is 0.543. The van der Waals surface area contributed by atoms with E-state index in [-0.39, 0.29) is 29.4 Å². The molecule has 0 bridgehead atoms. The minimum absolute atomic E-state index is 0.0180. The van der Waals surface area contributed by atoms with Gasteiger partial charge in [-0.3, -0.25) is 9.59 Å². The van der Waals surface area contributed by atoms with Gasteiger partial charge in [0.2, 0.25) is 0 Å². The van der Waals surface area contributed by atoms with Crippen molar-refractivity contribution in [2.75, 3.05) is 6.54 Å². The van der Waals surface area contributed by atoms with Crippen LogP contribution in [-0.2, 0) is 9.59 Å². The summed E-state index contributed by atoms with van der Waals surface area (Å²) in [5, 5.41) is 3.13. The molecule has 0 aliphatic heterocycles. The first-order valence-electron chi connectivity index (χ1n) is 5.10. The molecule has 0 aliphatic carbocycles. The molecule has 0 aliphatic rings. The van der Waals surface area contributed by atoms with Gasteiger partial charge in [0.1, 0.15) is 11.6 Å². The molecule has 1 N–H and O–H groups in total. The Hall–Kier alpha value is -0.700. The lowest BCUT2D eigenvalue weighted by Gasteiger charge is -2.21. The van der Waals surface area contributed by atoms with Crippen LogP contribution < -0.4 is 5.32 Å². The zero-order chi connectivity index (χ0) is 11.3. The van der Waals surface area contributed by atoms with Gasteiger partial charge in [-0.05, 0) is 19.8 Å². The Labute approximate surface area is 86.3 Å². The molecule has 0 saturated heterocycles. The van der Waals surface area contributed by atoms with E-state index < -0.39 is 0 Å². The topological polar surface area (TPSA) is 46.2 Å². The highest BCUT2D eigenvalue weighted by atomic mass is 16.1. The lowest BCUT2D eigenvalue weighted by atomic mass is 9.99. The number of hydrogen-bond acceptors (Lipinski definition) is 3. The highest BCUT2D eigenvalue weighted by molar-refractivity contribution is 5.82. The third-order valence-electron chi connectivity index (χ3n) is 2.44. The quantitative estimate of drug-likeness (QED) is 0.703. The van der Waals surface area contributed by atoms with Gasteiger partial charge in [-0.2, -0.15) is 0 Å². The van der Waals surface area contributed by atoms with Crippen LogP contribution >= 0.6 is 0 Å². The number of hydrogen-bond donors (Lipinski definition) is 1. The number of Topliss-reactive ketones (excluding diaryl/α,β-unsaturated/α-hetero) is 2. The molecule has 0 unspecified atom stereocenters. The fraction of sp³-hybridized carbons (Fsp3) is 0.818. The zero-order valence-corrected chi connectivity index (χ0v) is 9.76. The van der Waals surface area contributed by atoms with E-state index in [0.717, 1.165) is 0 Å². The molecule has 0 fully saturated rings. The summed E-state index contributed by atoms with van der Waals surface area (Å²) in [6.45, 7) is 9.60. The van der Waals surface area contributed by atoms with Crippen molar-refractivity contribution >= 4 is 11.6 Å². The average Bonchev–Trinajstić information content (AvgIpc) is 2.02. The molecule has 0 aromatic carbocycles. The maximum Gasteiger partial charge on any atom is 0.146 e. The van der Waals surface area contributed by atoms with Crippen LogP contribution in [-0.4, -0.2) is 24.2 Å². The van der Waals surface area contributed by atoms with Crippen molar-refractivity contribution in [1.29, 1.82) is 0 Å². The molecular weight excluding hydrogens is 178 g/mol. The first-order valence-corrected chi connectivity index (χ1v) is 5.10. The Morgan fingerprint density at radius 2 is 1.57 bits per heavy atom. The molecule has 3 heteroatoms. The van der Waals surface area contributed by atoms with E-state index in [0.29, 0.717) is 6.54 Å². The molecule has 0 saturated carbocycles. The summed E-state index contributed by atoms with van der Waals surface area (Å²) in [4.78, 5) is 22.2. The molecule has 0 spiro atoms. The predicted molar refractivity (Wildman–Crippen MR) is 57.2 cm³/mol. The first-order chi connectivity index (χ1) is 6.36. The maximum absolute atomic E-state index is 11.2. The van der Waals surface area contributed by atoms with Crippen molar-refractivity contribution in [2.45, 2.75) is 40.7 Å². The zero-order valence-electron chi connectivity index (χ0n) is 9.76. The Balaban J connectivity index is 4.07. The maximum atomic E-state index is 11.2. The Morgan fingerprint density at radius 3 is 1.86 bits per heavy atom. The second kappa shape index (κ2) is 5.91. The molecule has 0 heterocycles. The molecule has 3 nitrogen and oxygen atoms in total. The fourth-order valence-corrected chi connectivity index (χ4v) is 1.30. The van der Waals surface area contributed by atoms with E-state index in [1.807, 2.05) is 20.8 Å². The second-order valence-electron chi connectivity index (χ2n) is 4.25. The molecule has 0 amide bonds. The van der Waals surface area contributed by atoms with E-state index >= 15 is 0 Å². The summed E-state index contributed by atoms with van der Waals surface area (Å²) in [6, 6.07) is -0.128. The summed E-state index contributed by atoms with van der Waals surface area (Å²) in [5.41, 5.74) is 0. The van der Waals surface area contributed by atoms with Crippen LogP contribution in [0.4, 0.5) is 0 Å². The normalized spacial score (nSPS) is 15.3. The van der Waals surface area contributed by atoms with Crippen LogP contribution in [0.5, 0.6) is 0 Å². The highest BCUT2D eigenvalue weighted by Gasteiger charge is 2.19. The van der Waals surface area contributed by atoms with Gasteiger partial charge in [0.05, 0.1) is 6.04 Å². The van der Waals surface area contributed by atoms with Crippen LogP contribution in [0.2, 0.25) is 0 Å². The molecule has 0 rings (SSSR count). The summed E-state index contributed by atoms with van der Waals surface area (Å²) >= 11 is 0. The lowest BCUT2D eigenvalue weighted by Crippen LogP contribution is -2.42. The molecule has 2 atom stereocenters. The van der Waals surface area contributed by atoms with Gasteiger partial charge >= 0.3 is 0 Å². The molecule has 0 aromatic rings. The summed E-state index contributed by atoms with van der Waals surface area (Å²) < 4.78 is 0. The van der Waals surface area contributed by atoms with Gasteiger partial charge in [0.25, 0.3) is 0 Å². The first kappa shape index (κ1) is 13.3. The SMILES string of the molecule is CC(=O)[C@H](C)CN[C@H](C(C)=O)C(C)C. The molecular formula is C11H21NO2. The summed E-state index contributed by atoms with van der Waals surface area (Å²) in [7, 11) is 0. The Morgan fingerprint density at radius 1 is 1.07 bits per heavy atom. The Bertz CT molecular complexity index is 211. The second-order valence-corrected chi connectivity index (χ2v) is 4.25. The van der Waals surface area contributed by atoms with Crippen molar-refractivity contribution in [3.05, 3.63) is 0 Å². The van der Waals surface area contributed by atoms with Crippen molar-refractivity contribution in [1.82, 2.24) is 5.32 Å². The minimum atomic E-state index is -0.128. The van der Waals surface area contributed by atoms with Crippen molar-refractivity contribution in [3.63, 3.8) is 0 Å². The Kier molecular flexibility index (Phi) is 5.62. The molecule has 0 radical (unpaired) electrons. The largest absolute Gasteiger partial charge is 0.307 e. The third-order valence-corrected chi connectivity index (χ3v) is 2.44. The number of carbonyl (C=O) groups is 2. The smallest absolute Gasteiger partial charge is 0.146 e. The molecule has 0 aromatic heterocycles. The van der Waals surface area contributed by atoms with Gasteiger partial charge in [0, 0.05) is 12.5 Å². The number of ketones is 2. The fourth-order valence-electron chi connectivity index (χ4n) is 1.30. The van der Waals surface area contributed by atoms with Crippen LogP contribution in [0.25, 0.3) is 0 Å². The summed E-state index contributed by atoms with van der Waals surface area (Å²) in [6.07, 6.45) is 0. The van der Waals surface area contributed by atoms with Gasteiger partial charge in [-0.1, -0.05) is 20.8 Å². The van der Waals surface area contributed by atoms with Gasteiger partial charge in [-0.25, -0.2) is 0 Å². The number of carbonyl (C=O) groups excluding carboxylic acids is 2. The predicted octanol–water partition coefficient (Wildman–Crippen LogP) is 1.41. The van der Waals surface area contributed by atoms with E-state index in [4.69, 9.17) is 0 Å². The van der Waals surface area contributed by atoms with E-state index in [1.54, 1.807) is 13.8 Å². The highest BCUT2D eigenvalue weighted by Crippen LogP contribution is 2.04. The lowest BCUT2D eigenvalue weighted by molar-refractivity contribution is -0.122. The van der Waals surface area contributed by atoms with Crippen LogP contribution in [0.1, 0.15) is 34.6 Å². The molecule has 14 heavy (non-hydrogen) atoms.